The number of rotatable bonds is 8. The van der Waals surface area contributed by atoms with Gasteiger partial charge in [-0.3, -0.25) is 9.69 Å². The summed E-state index contributed by atoms with van der Waals surface area (Å²) >= 11 is 6.98. The number of anilines is 1. The van der Waals surface area contributed by atoms with Crippen molar-refractivity contribution in [2.75, 3.05) is 31.5 Å². The van der Waals surface area contributed by atoms with Crippen LogP contribution in [0.4, 0.5) is 5.00 Å². The number of amides is 1. The topological polar surface area (TPSA) is 57.3 Å². The van der Waals surface area contributed by atoms with E-state index < -0.39 is 0 Å². The van der Waals surface area contributed by atoms with E-state index in [9.17, 15) is 4.79 Å². The molecule has 4 rings (SSSR count). The Kier molecular flexibility index (Phi) is 7.20. The molecule has 0 bridgehead atoms. The Balaban J connectivity index is 1.66. The summed E-state index contributed by atoms with van der Waals surface area (Å²) in [6, 6.07) is 6.22. The predicted molar refractivity (Wildman–Crippen MR) is 132 cm³/mol. The van der Waals surface area contributed by atoms with Crippen LogP contribution in [0.3, 0.4) is 0 Å². The molecule has 0 fully saturated rings. The van der Waals surface area contributed by atoms with Gasteiger partial charge in [-0.1, -0.05) is 29.8 Å². The van der Waals surface area contributed by atoms with Crippen molar-refractivity contribution in [3.8, 4) is 10.6 Å². The number of halogens is 1. The number of nitrogens with one attached hydrogen (secondary N) is 2. The lowest BCUT2D eigenvalue weighted by molar-refractivity contribution is -0.116. The van der Waals surface area contributed by atoms with Crippen LogP contribution in [0.1, 0.15) is 37.1 Å². The first-order valence-corrected chi connectivity index (χ1v) is 13.0. The standard InChI is InChI=1S/C22H27BrN4OS2/c1-3-9-24-10-7-19(28)26-22-20(15-8-11-27(4-2)13-18(15)30-22)21-25-16-12-14(23)5-6-17(16)29-21/h5-6,12,24H,3-4,7-11,13H2,1-2H3,(H,26,28). The number of fused-ring (bicyclic) bond motifs is 2. The van der Waals surface area contributed by atoms with Crippen LogP contribution in [-0.4, -0.2) is 42.0 Å². The quantitative estimate of drug-likeness (QED) is 0.396. The van der Waals surface area contributed by atoms with E-state index in [2.05, 4.69) is 63.5 Å². The third-order valence-corrected chi connectivity index (χ3v) is 8.03. The lowest BCUT2D eigenvalue weighted by atomic mass is 10.0. The molecule has 1 aliphatic rings. The number of likely N-dealkylation sites (N-methyl/N-ethyl adjacent to an activating group) is 1. The molecule has 0 radical (unpaired) electrons. The number of aromatic nitrogens is 1. The van der Waals surface area contributed by atoms with Crippen molar-refractivity contribution in [3.05, 3.63) is 33.1 Å². The van der Waals surface area contributed by atoms with Crippen LogP contribution in [0, 0.1) is 0 Å². The lowest BCUT2D eigenvalue weighted by Gasteiger charge is -2.25. The highest BCUT2D eigenvalue weighted by Gasteiger charge is 2.27. The number of nitrogens with zero attached hydrogens (tertiary/aromatic N) is 2. The zero-order chi connectivity index (χ0) is 21.1. The molecule has 0 aliphatic carbocycles. The minimum Gasteiger partial charge on any atom is -0.317 e. The van der Waals surface area contributed by atoms with Gasteiger partial charge in [0, 0.05) is 41.0 Å². The number of hydrogen-bond acceptors (Lipinski definition) is 6. The zero-order valence-electron chi connectivity index (χ0n) is 17.4. The fourth-order valence-electron chi connectivity index (χ4n) is 3.74. The first-order valence-electron chi connectivity index (χ1n) is 10.5. The molecular formula is C22H27BrN4OS2. The molecule has 1 aromatic carbocycles. The average molecular weight is 508 g/mol. The SMILES string of the molecule is CCCNCCC(=O)Nc1sc2c(c1-c1nc3cc(Br)ccc3s1)CCN(CC)C2. The number of benzene rings is 1. The second-order valence-corrected chi connectivity index (χ2v) is 10.6. The molecule has 2 N–H and O–H groups in total. The van der Waals surface area contributed by atoms with E-state index in [4.69, 9.17) is 4.98 Å². The van der Waals surface area contributed by atoms with E-state index in [1.807, 2.05) is 0 Å². The van der Waals surface area contributed by atoms with Gasteiger partial charge in [-0.15, -0.1) is 22.7 Å². The number of carbonyl (C=O) groups excluding carboxylic acids is 1. The first-order chi connectivity index (χ1) is 14.6. The van der Waals surface area contributed by atoms with Crippen molar-refractivity contribution < 1.29 is 4.79 Å². The van der Waals surface area contributed by atoms with Gasteiger partial charge in [-0.2, -0.15) is 0 Å². The molecule has 8 heteroatoms. The Morgan fingerprint density at radius 2 is 2.13 bits per heavy atom. The first kappa shape index (κ1) is 21.9. The maximum atomic E-state index is 12.6. The van der Waals surface area contributed by atoms with Crippen LogP contribution in [-0.2, 0) is 17.8 Å². The number of carbonyl (C=O) groups is 1. The molecule has 0 saturated heterocycles. The van der Waals surface area contributed by atoms with Gasteiger partial charge in [0.05, 0.1) is 10.2 Å². The molecule has 3 heterocycles. The molecule has 2 aromatic heterocycles. The van der Waals surface area contributed by atoms with Crippen LogP contribution in [0.2, 0.25) is 0 Å². The van der Waals surface area contributed by atoms with Crippen molar-refractivity contribution in [2.24, 2.45) is 0 Å². The largest absolute Gasteiger partial charge is 0.317 e. The highest BCUT2D eigenvalue weighted by Crippen LogP contribution is 2.45. The van der Waals surface area contributed by atoms with Crippen molar-refractivity contribution in [1.82, 2.24) is 15.2 Å². The number of thiazole rings is 1. The monoisotopic (exact) mass is 506 g/mol. The summed E-state index contributed by atoms with van der Waals surface area (Å²) in [5, 5.41) is 8.47. The molecule has 0 unspecified atom stereocenters. The molecule has 1 aliphatic heterocycles. The minimum absolute atomic E-state index is 0.0645. The van der Waals surface area contributed by atoms with Crippen molar-refractivity contribution in [2.45, 2.75) is 39.7 Å². The van der Waals surface area contributed by atoms with Gasteiger partial charge in [0.2, 0.25) is 5.91 Å². The Bertz CT molecular complexity index is 1050. The minimum atomic E-state index is 0.0645. The maximum absolute atomic E-state index is 12.6. The maximum Gasteiger partial charge on any atom is 0.226 e. The Labute approximate surface area is 194 Å². The second kappa shape index (κ2) is 9.87. The molecule has 3 aromatic rings. The Morgan fingerprint density at radius 1 is 1.27 bits per heavy atom. The summed E-state index contributed by atoms with van der Waals surface area (Å²) in [4.78, 5) is 21.4. The average Bonchev–Trinajstić information content (AvgIpc) is 3.30. The molecule has 0 spiro atoms. The van der Waals surface area contributed by atoms with Crippen molar-refractivity contribution >= 4 is 59.7 Å². The van der Waals surface area contributed by atoms with E-state index in [0.29, 0.717) is 13.0 Å². The van der Waals surface area contributed by atoms with Crippen LogP contribution >= 0.6 is 38.6 Å². The molecule has 0 saturated carbocycles. The van der Waals surface area contributed by atoms with Gasteiger partial charge in [0.1, 0.15) is 10.0 Å². The summed E-state index contributed by atoms with van der Waals surface area (Å²) in [6.45, 7) is 9.04. The number of hydrogen-bond donors (Lipinski definition) is 2. The van der Waals surface area contributed by atoms with Crippen molar-refractivity contribution in [3.63, 3.8) is 0 Å². The van der Waals surface area contributed by atoms with Crippen LogP contribution in [0.25, 0.3) is 20.8 Å². The highest BCUT2D eigenvalue weighted by atomic mass is 79.9. The summed E-state index contributed by atoms with van der Waals surface area (Å²) in [5.74, 6) is 0.0645. The van der Waals surface area contributed by atoms with Gasteiger partial charge in [0.25, 0.3) is 0 Å². The molecule has 160 valence electrons. The third-order valence-electron chi connectivity index (χ3n) is 5.36. The van der Waals surface area contributed by atoms with Crippen LogP contribution in [0.5, 0.6) is 0 Å². The smallest absolute Gasteiger partial charge is 0.226 e. The van der Waals surface area contributed by atoms with Gasteiger partial charge in [-0.25, -0.2) is 4.98 Å². The van der Waals surface area contributed by atoms with E-state index in [1.54, 1.807) is 22.7 Å². The molecular weight excluding hydrogens is 480 g/mol. The Morgan fingerprint density at radius 3 is 2.93 bits per heavy atom. The molecule has 0 atom stereocenters. The normalized spacial score (nSPS) is 14.2. The summed E-state index contributed by atoms with van der Waals surface area (Å²) in [7, 11) is 0. The van der Waals surface area contributed by atoms with Crippen LogP contribution < -0.4 is 10.6 Å². The summed E-state index contributed by atoms with van der Waals surface area (Å²) in [5.41, 5.74) is 3.50. The van der Waals surface area contributed by atoms with Crippen molar-refractivity contribution in [1.29, 1.82) is 0 Å². The lowest BCUT2D eigenvalue weighted by Crippen LogP contribution is -2.29. The summed E-state index contributed by atoms with van der Waals surface area (Å²) < 4.78 is 2.20. The molecule has 1 amide bonds. The third kappa shape index (κ3) is 4.78. The second-order valence-electron chi connectivity index (χ2n) is 7.51. The fourth-order valence-corrected chi connectivity index (χ4v) is 6.49. The van der Waals surface area contributed by atoms with Gasteiger partial charge in [-0.05, 0) is 49.7 Å². The van der Waals surface area contributed by atoms with E-state index in [-0.39, 0.29) is 5.91 Å². The van der Waals surface area contributed by atoms with Gasteiger partial charge >= 0.3 is 0 Å². The number of thiophene rings is 1. The zero-order valence-corrected chi connectivity index (χ0v) is 20.6. The Hall–Kier alpha value is -1.32. The van der Waals surface area contributed by atoms with Gasteiger partial charge in [0.15, 0.2) is 0 Å². The molecule has 30 heavy (non-hydrogen) atoms. The van der Waals surface area contributed by atoms with E-state index >= 15 is 0 Å². The molecule has 5 nitrogen and oxygen atoms in total. The fraction of sp³-hybridized carbons (Fsp3) is 0.455. The predicted octanol–water partition coefficient (Wildman–Crippen LogP) is 5.49. The van der Waals surface area contributed by atoms with Crippen LogP contribution in [0.15, 0.2) is 22.7 Å². The summed E-state index contributed by atoms with van der Waals surface area (Å²) in [6.07, 6.45) is 2.56. The van der Waals surface area contributed by atoms with E-state index in [1.165, 1.54) is 15.1 Å². The van der Waals surface area contributed by atoms with E-state index in [0.717, 1.165) is 64.6 Å². The van der Waals surface area contributed by atoms with Gasteiger partial charge < -0.3 is 10.6 Å². The highest BCUT2D eigenvalue weighted by molar-refractivity contribution is 9.10.